The number of carbonyl (C=O) groups is 1. The molecule has 0 saturated carbocycles. The molecule has 0 spiro atoms. The normalized spacial score (nSPS) is 30.8. The van der Waals surface area contributed by atoms with Gasteiger partial charge in [0.15, 0.2) is 14.6 Å². The predicted octanol–water partition coefficient (Wildman–Crippen LogP) is 1.09. The van der Waals surface area contributed by atoms with E-state index in [1.165, 1.54) is 0 Å². The molecule has 4 atom stereocenters. The summed E-state index contributed by atoms with van der Waals surface area (Å²) in [5, 5.41) is 19.1. The number of aldehydes is 1. The second kappa shape index (κ2) is 5.25. The fourth-order valence-corrected chi connectivity index (χ4v) is 2.68. The van der Waals surface area contributed by atoms with Crippen molar-refractivity contribution in [2.24, 2.45) is 0 Å². The van der Waals surface area contributed by atoms with Gasteiger partial charge in [-0.3, -0.25) is 0 Å². The third-order valence-corrected chi connectivity index (χ3v) is 8.74. The Labute approximate surface area is 116 Å². The van der Waals surface area contributed by atoms with E-state index in [2.05, 4.69) is 33.9 Å². The number of epoxide rings is 1. The third-order valence-electron chi connectivity index (χ3n) is 4.27. The number of hydrogen-bond acceptors (Lipinski definition) is 5. The van der Waals surface area contributed by atoms with E-state index in [1.807, 2.05) is 6.92 Å². The van der Waals surface area contributed by atoms with Crippen molar-refractivity contribution in [1.82, 2.24) is 0 Å². The Bertz CT molecular complexity index is 338. The van der Waals surface area contributed by atoms with E-state index in [-0.39, 0.29) is 5.04 Å². The summed E-state index contributed by atoms with van der Waals surface area (Å²) in [5.74, 6) is 0. The summed E-state index contributed by atoms with van der Waals surface area (Å²) in [5.41, 5.74) is -0.612. The van der Waals surface area contributed by atoms with E-state index >= 15 is 0 Å². The Morgan fingerprint density at radius 2 is 1.95 bits per heavy atom. The number of aliphatic hydroxyl groups excluding tert-OH is 2. The molecule has 112 valence electrons. The van der Waals surface area contributed by atoms with Crippen LogP contribution in [0.2, 0.25) is 18.1 Å². The van der Waals surface area contributed by atoms with E-state index in [4.69, 9.17) is 9.16 Å². The van der Waals surface area contributed by atoms with Gasteiger partial charge < -0.3 is 24.2 Å². The maximum absolute atomic E-state index is 10.4. The molecule has 0 aromatic carbocycles. The van der Waals surface area contributed by atoms with Crippen molar-refractivity contribution in [1.29, 1.82) is 0 Å². The molecule has 19 heavy (non-hydrogen) atoms. The molecular weight excluding hydrogens is 264 g/mol. The lowest BCUT2D eigenvalue weighted by atomic mass is 10.0. The molecule has 2 N–H and O–H groups in total. The number of hydrogen-bond donors (Lipinski definition) is 2. The van der Waals surface area contributed by atoms with Crippen LogP contribution in [0.4, 0.5) is 0 Å². The fraction of sp³-hybridized carbons (Fsp3) is 0.923. The van der Waals surface area contributed by atoms with Gasteiger partial charge in [0.05, 0.1) is 6.61 Å². The van der Waals surface area contributed by atoms with Crippen molar-refractivity contribution >= 4 is 14.6 Å². The smallest absolute Gasteiger partial charge is 0.192 e. The summed E-state index contributed by atoms with van der Waals surface area (Å²) in [6, 6.07) is 0. The highest BCUT2D eigenvalue weighted by Crippen LogP contribution is 2.43. The van der Waals surface area contributed by atoms with Crippen LogP contribution in [0.25, 0.3) is 0 Å². The number of carbonyl (C=O) groups excluding carboxylic acids is 1. The molecule has 5 nitrogen and oxygen atoms in total. The Hall–Kier alpha value is -0.273. The Morgan fingerprint density at radius 3 is 2.37 bits per heavy atom. The van der Waals surface area contributed by atoms with Gasteiger partial charge in [0.1, 0.15) is 23.9 Å². The molecule has 6 heteroatoms. The Kier molecular flexibility index (Phi) is 4.64. The van der Waals surface area contributed by atoms with Crippen molar-refractivity contribution in [2.45, 2.75) is 69.7 Å². The maximum Gasteiger partial charge on any atom is 0.192 e. The van der Waals surface area contributed by atoms with Crippen LogP contribution in [-0.2, 0) is 14.0 Å². The van der Waals surface area contributed by atoms with Crippen molar-refractivity contribution in [3.8, 4) is 0 Å². The number of ether oxygens (including phenoxy) is 1. The molecule has 0 aromatic heterocycles. The lowest BCUT2D eigenvalue weighted by molar-refractivity contribution is -0.120. The summed E-state index contributed by atoms with van der Waals surface area (Å²) < 4.78 is 11.5. The van der Waals surface area contributed by atoms with Gasteiger partial charge in [0, 0.05) is 0 Å². The van der Waals surface area contributed by atoms with Gasteiger partial charge in [0.2, 0.25) is 0 Å². The second-order valence-corrected chi connectivity index (χ2v) is 11.8. The zero-order valence-electron chi connectivity index (χ0n) is 12.6. The molecule has 1 fully saturated rings. The molecule has 0 bridgehead atoms. The summed E-state index contributed by atoms with van der Waals surface area (Å²) in [6.07, 6.45) is -2.82. The van der Waals surface area contributed by atoms with Crippen LogP contribution >= 0.6 is 0 Å². The predicted molar refractivity (Wildman–Crippen MR) is 74.5 cm³/mol. The molecule has 0 unspecified atom stereocenters. The molecule has 0 amide bonds. The topological polar surface area (TPSA) is 79.3 Å². The van der Waals surface area contributed by atoms with Gasteiger partial charge in [-0.25, -0.2) is 0 Å². The summed E-state index contributed by atoms with van der Waals surface area (Å²) in [6.45, 7) is 12.9. The molecule has 1 rings (SSSR count). The average Bonchev–Trinajstić information content (AvgIpc) is 2.96. The first kappa shape index (κ1) is 16.8. The first-order valence-corrected chi connectivity index (χ1v) is 9.49. The van der Waals surface area contributed by atoms with Gasteiger partial charge in [-0.05, 0) is 25.1 Å². The lowest BCUT2D eigenvalue weighted by Gasteiger charge is -2.36. The first-order valence-electron chi connectivity index (χ1n) is 6.58. The molecular formula is C13H26O5Si. The van der Waals surface area contributed by atoms with E-state index in [9.17, 15) is 15.0 Å². The van der Waals surface area contributed by atoms with Crippen molar-refractivity contribution in [2.75, 3.05) is 6.61 Å². The molecule has 0 aromatic rings. The summed E-state index contributed by atoms with van der Waals surface area (Å²) >= 11 is 0. The molecule has 1 saturated heterocycles. The van der Waals surface area contributed by atoms with E-state index in [0.29, 0.717) is 12.9 Å². The minimum Gasteiger partial charge on any atom is -0.414 e. The quantitative estimate of drug-likeness (QED) is 0.435. The summed E-state index contributed by atoms with van der Waals surface area (Å²) in [7, 11) is -1.87. The molecule has 1 aliphatic heterocycles. The fourth-order valence-electron chi connectivity index (χ4n) is 1.60. The molecule has 0 aliphatic carbocycles. The highest BCUT2D eigenvalue weighted by molar-refractivity contribution is 6.74. The van der Waals surface area contributed by atoms with Crippen molar-refractivity contribution < 1.29 is 24.2 Å². The van der Waals surface area contributed by atoms with Crippen LogP contribution in [-0.4, -0.2) is 55.3 Å². The van der Waals surface area contributed by atoms with Crippen LogP contribution in [0.15, 0.2) is 0 Å². The average molecular weight is 290 g/mol. The number of rotatable bonds is 6. The molecule has 1 aliphatic rings. The van der Waals surface area contributed by atoms with Crippen LogP contribution in [0, 0.1) is 0 Å². The maximum atomic E-state index is 10.4. The SMILES string of the molecule is CC(C)(C)[Si](C)(C)OC[C@]1(C)O[C@H]1[C@H](O)[C@@H](O)C=O. The van der Waals surface area contributed by atoms with Gasteiger partial charge >= 0.3 is 0 Å². The Balaban J connectivity index is 2.55. The minimum absolute atomic E-state index is 0.106. The van der Waals surface area contributed by atoms with Gasteiger partial charge in [-0.15, -0.1) is 0 Å². The van der Waals surface area contributed by atoms with Gasteiger partial charge in [0.25, 0.3) is 0 Å². The molecule has 0 radical (unpaired) electrons. The lowest BCUT2D eigenvalue weighted by Crippen LogP contribution is -2.44. The second-order valence-electron chi connectivity index (χ2n) is 7.02. The highest BCUT2D eigenvalue weighted by Gasteiger charge is 2.58. The largest absolute Gasteiger partial charge is 0.414 e. The zero-order chi connectivity index (χ0) is 15.1. The van der Waals surface area contributed by atoms with Crippen molar-refractivity contribution in [3.05, 3.63) is 0 Å². The molecule has 1 heterocycles. The van der Waals surface area contributed by atoms with Gasteiger partial charge in [-0.1, -0.05) is 20.8 Å². The standard InChI is InChI=1S/C13H26O5Si/c1-12(2,3)19(5,6)17-8-13(4)11(18-13)10(16)9(15)7-14/h7,9-11,15-16H,8H2,1-6H3/t9-,10+,11-,13-/m0/s1. The monoisotopic (exact) mass is 290 g/mol. The van der Waals surface area contributed by atoms with Crippen LogP contribution < -0.4 is 0 Å². The third kappa shape index (κ3) is 3.64. The first-order chi connectivity index (χ1) is 8.44. The van der Waals surface area contributed by atoms with Crippen LogP contribution in [0.1, 0.15) is 27.7 Å². The van der Waals surface area contributed by atoms with E-state index in [0.717, 1.165) is 0 Å². The highest BCUT2D eigenvalue weighted by atomic mass is 28.4. The van der Waals surface area contributed by atoms with Crippen molar-refractivity contribution in [3.63, 3.8) is 0 Å². The van der Waals surface area contributed by atoms with E-state index in [1.54, 1.807) is 0 Å². The Morgan fingerprint density at radius 1 is 1.42 bits per heavy atom. The minimum atomic E-state index is -1.87. The van der Waals surface area contributed by atoms with Crippen LogP contribution in [0.3, 0.4) is 0 Å². The summed E-state index contributed by atoms with van der Waals surface area (Å²) in [4.78, 5) is 10.4. The van der Waals surface area contributed by atoms with E-state index < -0.39 is 32.2 Å². The van der Waals surface area contributed by atoms with Gasteiger partial charge in [-0.2, -0.15) is 0 Å². The number of aliphatic hydroxyl groups is 2. The van der Waals surface area contributed by atoms with Crippen LogP contribution in [0.5, 0.6) is 0 Å². The zero-order valence-corrected chi connectivity index (χ0v) is 13.6.